The number of halogens is 1. The molecule has 0 radical (unpaired) electrons. The lowest BCUT2D eigenvalue weighted by Gasteiger charge is -2.27. The van der Waals surface area contributed by atoms with E-state index in [4.69, 9.17) is 5.73 Å². The van der Waals surface area contributed by atoms with Gasteiger partial charge in [-0.25, -0.2) is 4.39 Å². The Bertz CT molecular complexity index is 572. The van der Waals surface area contributed by atoms with Gasteiger partial charge in [0.1, 0.15) is 5.82 Å². The lowest BCUT2D eigenvalue weighted by molar-refractivity contribution is 0.252. The van der Waals surface area contributed by atoms with Crippen molar-refractivity contribution in [2.24, 2.45) is 5.73 Å². The molecule has 1 atom stereocenters. The summed E-state index contributed by atoms with van der Waals surface area (Å²) in [5.41, 5.74) is 8.51. The van der Waals surface area contributed by atoms with Gasteiger partial charge in [-0.05, 0) is 43.3 Å². The van der Waals surface area contributed by atoms with Crippen molar-refractivity contribution < 1.29 is 4.39 Å². The second-order valence-electron chi connectivity index (χ2n) is 5.31. The Morgan fingerprint density at radius 3 is 2.71 bits per heavy atom. The first-order chi connectivity index (χ1) is 10.1. The van der Waals surface area contributed by atoms with Crippen LogP contribution in [-0.4, -0.2) is 30.0 Å². The first kappa shape index (κ1) is 15.6. The van der Waals surface area contributed by atoms with Crippen molar-refractivity contribution in [2.75, 3.05) is 20.1 Å². The smallest absolute Gasteiger partial charge is 0.126 e. The fourth-order valence-corrected chi connectivity index (χ4v) is 2.38. The van der Waals surface area contributed by atoms with Gasteiger partial charge in [0, 0.05) is 37.4 Å². The number of nitrogens with zero attached hydrogens (tertiary/aromatic N) is 2. The highest BCUT2D eigenvalue weighted by molar-refractivity contribution is 5.26. The van der Waals surface area contributed by atoms with Gasteiger partial charge in [-0.2, -0.15) is 0 Å². The zero-order valence-electron chi connectivity index (χ0n) is 12.6. The van der Waals surface area contributed by atoms with Crippen LogP contribution in [0.15, 0.2) is 42.6 Å². The fourth-order valence-electron chi connectivity index (χ4n) is 2.38. The van der Waals surface area contributed by atoms with Crippen molar-refractivity contribution in [3.05, 3.63) is 65.2 Å². The van der Waals surface area contributed by atoms with Gasteiger partial charge in [-0.1, -0.05) is 18.2 Å². The predicted molar refractivity (Wildman–Crippen MR) is 83.5 cm³/mol. The average Bonchev–Trinajstić information content (AvgIpc) is 2.50. The molecule has 1 unspecified atom stereocenters. The number of aryl methyl sites for hydroxylation is 1. The number of rotatable bonds is 6. The molecule has 2 N–H and O–H groups in total. The minimum Gasteiger partial charge on any atom is -0.329 e. The van der Waals surface area contributed by atoms with E-state index in [-0.39, 0.29) is 11.9 Å². The molecule has 1 heterocycles. The summed E-state index contributed by atoms with van der Waals surface area (Å²) in [6.45, 7) is 3.05. The molecule has 0 aliphatic carbocycles. The van der Waals surface area contributed by atoms with E-state index in [9.17, 15) is 4.39 Å². The third-order valence-electron chi connectivity index (χ3n) is 3.78. The quantitative estimate of drug-likeness (QED) is 0.888. The summed E-state index contributed by atoms with van der Waals surface area (Å²) in [5.74, 6) is -0.177. The van der Waals surface area contributed by atoms with Gasteiger partial charge in [-0.15, -0.1) is 0 Å². The summed E-state index contributed by atoms with van der Waals surface area (Å²) in [6.07, 6.45) is 2.65. The number of hydrogen-bond acceptors (Lipinski definition) is 3. The summed E-state index contributed by atoms with van der Waals surface area (Å²) in [4.78, 5) is 6.47. The minimum atomic E-state index is -0.177. The van der Waals surface area contributed by atoms with Crippen LogP contribution in [0.3, 0.4) is 0 Å². The van der Waals surface area contributed by atoms with E-state index in [1.54, 1.807) is 25.3 Å². The molecule has 0 saturated carbocycles. The molecule has 2 aromatic rings. The Hall–Kier alpha value is -1.78. The molecule has 0 aliphatic heterocycles. The normalized spacial score (nSPS) is 12.6. The van der Waals surface area contributed by atoms with E-state index in [0.717, 1.165) is 24.2 Å². The van der Waals surface area contributed by atoms with Crippen molar-refractivity contribution in [3.8, 4) is 0 Å². The van der Waals surface area contributed by atoms with E-state index >= 15 is 0 Å². The summed E-state index contributed by atoms with van der Waals surface area (Å²) in [5, 5.41) is 0. The van der Waals surface area contributed by atoms with Gasteiger partial charge in [0.25, 0.3) is 0 Å². The van der Waals surface area contributed by atoms with Crippen LogP contribution in [0.1, 0.15) is 22.9 Å². The van der Waals surface area contributed by atoms with E-state index in [1.807, 2.05) is 31.3 Å². The molecule has 0 saturated heterocycles. The maximum Gasteiger partial charge on any atom is 0.126 e. The lowest BCUT2D eigenvalue weighted by Crippen LogP contribution is -2.32. The van der Waals surface area contributed by atoms with Crippen molar-refractivity contribution in [1.82, 2.24) is 9.88 Å². The number of aromatic nitrogens is 1. The number of pyridine rings is 1. The molecule has 0 amide bonds. The van der Waals surface area contributed by atoms with E-state index in [1.165, 1.54) is 0 Å². The van der Waals surface area contributed by atoms with Gasteiger partial charge >= 0.3 is 0 Å². The topological polar surface area (TPSA) is 42.1 Å². The van der Waals surface area contributed by atoms with Crippen molar-refractivity contribution >= 4 is 0 Å². The summed E-state index contributed by atoms with van der Waals surface area (Å²) in [6, 6.07) is 11.3. The van der Waals surface area contributed by atoms with Crippen LogP contribution in [0.25, 0.3) is 0 Å². The standard InChI is InChI=1S/C17H22FN3/c1-13-6-7-14(11-16(13)18)17(12-19)21(2)10-8-15-5-3-4-9-20-15/h3-7,9,11,17H,8,10,12,19H2,1-2H3. The summed E-state index contributed by atoms with van der Waals surface area (Å²) in [7, 11) is 2.01. The lowest BCUT2D eigenvalue weighted by atomic mass is 10.0. The van der Waals surface area contributed by atoms with E-state index in [0.29, 0.717) is 12.1 Å². The van der Waals surface area contributed by atoms with Crippen molar-refractivity contribution in [3.63, 3.8) is 0 Å². The second-order valence-corrected chi connectivity index (χ2v) is 5.31. The van der Waals surface area contributed by atoms with Crippen molar-refractivity contribution in [2.45, 2.75) is 19.4 Å². The highest BCUT2D eigenvalue weighted by atomic mass is 19.1. The number of likely N-dealkylation sites (N-methyl/N-ethyl adjacent to an activating group) is 1. The molecule has 3 nitrogen and oxygen atoms in total. The highest BCUT2D eigenvalue weighted by Crippen LogP contribution is 2.21. The maximum atomic E-state index is 13.7. The molecule has 1 aromatic carbocycles. The molecular formula is C17H22FN3. The van der Waals surface area contributed by atoms with Crippen LogP contribution in [-0.2, 0) is 6.42 Å². The number of nitrogens with two attached hydrogens (primary N) is 1. The summed E-state index contributed by atoms with van der Waals surface area (Å²) >= 11 is 0. The minimum absolute atomic E-state index is 0.0174. The maximum absolute atomic E-state index is 13.7. The van der Waals surface area contributed by atoms with Gasteiger partial charge < -0.3 is 5.73 Å². The zero-order chi connectivity index (χ0) is 15.2. The highest BCUT2D eigenvalue weighted by Gasteiger charge is 2.16. The van der Waals surface area contributed by atoms with Gasteiger partial charge in [0.15, 0.2) is 0 Å². The van der Waals surface area contributed by atoms with Gasteiger partial charge in [0.2, 0.25) is 0 Å². The molecule has 0 spiro atoms. The molecule has 112 valence electrons. The molecule has 0 bridgehead atoms. The molecule has 0 aliphatic rings. The van der Waals surface area contributed by atoms with Gasteiger partial charge in [-0.3, -0.25) is 9.88 Å². The Morgan fingerprint density at radius 2 is 2.10 bits per heavy atom. The third kappa shape index (κ3) is 4.09. The van der Waals surface area contributed by atoms with Crippen LogP contribution < -0.4 is 5.73 Å². The third-order valence-corrected chi connectivity index (χ3v) is 3.78. The van der Waals surface area contributed by atoms with Crippen LogP contribution in [0.5, 0.6) is 0 Å². The molecule has 2 rings (SSSR count). The Morgan fingerprint density at radius 1 is 1.29 bits per heavy atom. The van der Waals surface area contributed by atoms with E-state index in [2.05, 4.69) is 9.88 Å². The Labute approximate surface area is 125 Å². The largest absolute Gasteiger partial charge is 0.329 e. The molecular weight excluding hydrogens is 265 g/mol. The molecule has 1 aromatic heterocycles. The first-order valence-corrected chi connectivity index (χ1v) is 7.18. The van der Waals surface area contributed by atoms with Crippen LogP contribution in [0, 0.1) is 12.7 Å². The van der Waals surface area contributed by atoms with E-state index < -0.39 is 0 Å². The SMILES string of the molecule is Cc1ccc(C(CN)N(C)CCc2ccccn2)cc1F. The monoisotopic (exact) mass is 287 g/mol. The number of hydrogen-bond donors (Lipinski definition) is 1. The Balaban J connectivity index is 2.04. The predicted octanol–water partition coefficient (Wildman–Crippen LogP) is 2.70. The van der Waals surface area contributed by atoms with Crippen LogP contribution >= 0.6 is 0 Å². The zero-order valence-corrected chi connectivity index (χ0v) is 12.6. The first-order valence-electron chi connectivity index (χ1n) is 7.18. The number of benzene rings is 1. The van der Waals surface area contributed by atoms with Crippen molar-refractivity contribution in [1.29, 1.82) is 0 Å². The second kappa shape index (κ2) is 7.29. The fraction of sp³-hybridized carbons (Fsp3) is 0.353. The van der Waals surface area contributed by atoms with Crippen LogP contribution in [0.2, 0.25) is 0 Å². The molecule has 21 heavy (non-hydrogen) atoms. The average molecular weight is 287 g/mol. The molecule has 4 heteroatoms. The van der Waals surface area contributed by atoms with Crippen LogP contribution in [0.4, 0.5) is 4.39 Å². The Kier molecular flexibility index (Phi) is 5.42. The molecule has 0 fully saturated rings. The van der Waals surface area contributed by atoms with Gasteiger partial charge in [0.05, 0.1) is 0 Å². The summed E-state index contributed by atoms with van der Waals surface area (Å²) < 4.78 is 13.7.